The van der Waals surface area contributed by atoms with Gasteiger partial charge in [-0.3, -0.25) is 9.59 Å². The van der Waals surface area contributed by atoms with Crippen molar-refractivity contribution in [2.24, 2.45) is 5.41 Å². The molecule has 0 aromatic heterocycles. The molecule has 1 aliphatic carbocycles. The minimum atomic E-state index is -1.11. The fraction of sp³-hybridized carbons (Fsp3) is 0.300. The Morgan fingerprint density at radius 2 is 1.50 bits per heavy atom. The minimum Gasteiger partial charge on any atom is -0.455 e. The van der Waals surface area contributed by atoms with Gasteiger partial charge in [0.1, 0.15) is 9.75 Å². The Morgan fingerprint density at radius 3 is 1.92 bits per heavy atom. The molecule has 0 saturated heterocycles. The summed E-state index contributed by atoms with van der Waals surface area (Å²) in [7, 11) is 0. The Hall–Kier alpha value is -2.04. The molecule has 1 saturated carbocycles. The van der Waals surface area contributed by atoms with E-state index >= 15 is 0 Å². The first-order valence-electron chi connectivity index (χ1n) is 8.28. The van der Waals surface area contributed by atoms with Gasteiger partial charge in [-0.1, -0.05) is 60.7 Å². The number of carbonyl (C=O) groups is 2. The Balaban J connectivity index is 1.66. The number of nitrogens with one attached hydrogen (secondary N) is 1. The molecule has 1 fully saturated rings. The van der Waals surface area contributed by atoms with Gasteiger partial charge in [-0.25, -0.2) is 0 Å². The molecule has 1 aliphatic rings. The number of halogens is 2. The highest BCUT2D eigenvalue weighted by Gasteiger charge is 2.69. The molecule has 0 aliphatic heterocycles. The number of esters is 1. The quantitative estimate of drug-likeness (QED) is 0.597. The zero-order chi connectivity index (χ0) is 18.8. The van der Waals surface area contributed by atoms with Crippen LogP contribution in [0.15, 0.2) is 60.7 Å². The molecule has 0 heterocycles. The summed E-state index contributed by atoms with van der Waals surface area (Å²) >= 11 is 11.9. The topological polar surface area (TPSA) is 55.4 Å². The summed E-state index contributed by atoms with van der Waals surface area (Å²) in [5.74, 6) is -0.955. The van der Waals surface area contributed by atoms with Crippen molar-refractivity contribution in [3.8, 4) is 0 Å². The standard InChI is InChI=1S/C20H19Cl2NO3/c1-19(13-20(19,21)22)18(25)26-12-16(24)23-17(14-8-4-2-5-9-14)15-10-6-3-7-11-15/h2-11,17H,12-13H2,1H3,(H,23,24)/t19-/m0/s1. The SMILES string of the molecule is C[C@@]1(C(=O)OCC(=O)NC(c2ccccc2)c2ccccc2)CC1(Cl)Cl. The number of alkyl halides is 2. The maximum atomic E-state index is 12.4. The summed E-state index contributed by atoms with van der Waals surface area (Å²) in [5, 5.41) is 2.92. The lowest BCUT2D eigenvalue weighted by atomic mass is 9.99. The number of amides is 1. The molecule has 1 atom stereocenters. The summed E-state index contributed by atoms with van der Waals surface area (Å²) < 4.78 is 4.01. The van der Waals surface area contributed by atoms with Gasteiger partial charge in [0.05, 0.1) is 6.04 Å². The molecule has 0 radical (unpaired) electrons. The molecule has 0 spiro atoms. The average Bonchev–Trinajstić information content (AvgIpc) is 3.18. The van der Waals surface area contributed by atoms with Crippen molar-refractivity contribution in [1.29, 1.82) is 0 Å². The van der Waals surface area contributed by atoms with Crippen LogP contribution in [0.4, 0.5) is 0 Å². The Bertz CT molecular complexity index is 756. The first kappa shape index (κ1) is 18.7. The fourth-order valence-electron chi connectivity index (χ4n) is 2.76. The Labute approximate surface area is 162 Å². The van der Waals surface area contributed by atoms with Gasteiger partial charge in [-0.2, -0.15) is 0 Å². The van der Waals surface area contributed by atoms with Gasteiger partial charge in [0.2, 0.25) is 0 Å². The van der Waals surface area contributed by atoms with E-state index in [-0.39, 0.29) is 12.6 Å². The van der Waals surface area contributed by atoms with E-state index in [0.29, 0.717) is 6.42 Å². The number of hydrogen-bond donors (Lipinski definition) is 1. The molecule has 4 nitrogen and oxygen atoms in total. The second-order valence-electron chi connectivity index (χ2n) is 6.61. The van der Waals surface area contributed by atoms with Crippen LogP contribution in [0.3, 0.4) is 0 Å². The third-order valence-electron chi connectivity index (χ3n) is 4.61. The highest BCUT2D eigenvalue weighted by molar-refractivity contribution is 6.53. The van der Waals surface area contributed by atoms with E-state index in [1.54, 1.807) is 6.92 Å². The van der Waals surface area contributed by atoms with Crippen LogP contribution in [-0.4, -0.2) is 22.8 Å². The van der Waals surface area contributed by atoms with Crippen molar-refractivity contribution in [2.75, 3.05) is 6.61 Å². The summed E-state index contributed by atoms with van der Waals surface area (Å²) in [6.07, 6.45) is 0.320. The summed E-state index contributed by atoms with van der Waals surface area (Å²) in [5.41, 5.74) is 0.926. The zero-order valence-electron chi connectivity index (χ0n) is 14.2. The van der Waals surface area contributed by atoms with Gasteiger partial charge in [-0.05, 0) is 18.1 Å². The number of carbonyl (C=O) groups excluding carboxylic acids is 2. The van der Waals surface area contributed by atoms with Gasteiger partial charge in [-0.15, -0.1) is 23.2 Å². The Kier molecular flexibility index (Phi) is 5.26. The molecule has 0 bridgehead atoms. The highest BCUT2D eigenvalue weighted by atomic mass is 35.5. The molecule has 136 valence electrons. The lowest BCUT2D eigenvalue weighted by Crippen LogP contribution is -2.34. The fourth-order valence-corrected chi connectivity index (χ4v) is 3.45. The van der Waals surface area contributed by atoms with Crippen LogP contribution >= 0.6 is 23.2 Å². The van der Waals surface area contributed by atoms with Crippen LogP contribution in [0.5, 0.6) is 0 Å². The lowest BCUT2D eigenvalue weighted by Gasteiger charge is -2.20. The van der Waals surface area contributed by atoms with Crippen molar-refractivity contribution < 1.29 is 14.3 Å². The summed E-state index contributed by atoms with van der Waals surface area (Å²) in [6, 6.07) is 18.9. The summed E-state index contributed by atoms with van der Waals surface area (Å²) in [6.45, 7) is 1.25. The minimum absolute atomic E-state index is 0.320. The molecule has 26 heavy (non-hydrogen) atoms. The van der Waals surface area contributed by atoms with E-state index in [0.717, 1.165) is 11.1 Å². The van der Waals surface area contributed by atoms with Crippen molar-refractivity contribution >= 4 is 35.1 Å². The van der Waals surface area contributed by atoms with E-state index in [1.807, 2.05) is 60.7 Å². The molecule has 1 amide bonds. The van der Waals surface area contributed by atoms with E-state index < -0.39 is 21.6 Å². The van der Waals surface area contributed by atoms with Crippen LogP contribution < -0.4 is 5.32 Å². The van der Waals surface area contributed by atoms with Gasteiger partial charge >= 0.3 is 5.97 Å². The van der Waals surface area contributed by atoms with Crippen LogP contribution in [0, 0.1) is 5.41 Å². The smallest absolute Gasteiger partial charge is 0.315 e. The maximum absolute atomic E-state index is 12.4. The van der Waals surface area contributed by atoms with Crippen LogP contribution in [0.1, 0.15) is 30.5 Å². The van der Waals surface area contributed by atoms with Crippen molar-refractivity contribution in [1.82, 2.24) is 5.32 Å². The second kappa shape index (κ2) is 7.29. The van der Waals surface area contributed by atoms with Crippen LogP contribution in [0.25, 0.3) is 0 Å². The van der Waals surface area contributed by atoms with Crippen LogP contribution in [0.2, 0.25) is 0 Å². The van der Waals surface area contributed by atoms with E-state index in [2.05, 4.69) is 5.32 Å². The highest BCUT2D eigenvalue weighted by Crippen LogP contribution is 2.64. The second-order valence-corrected chi connectivity index (χ2v) is 8.10. The predicted octanol–water partition coefficient (Wildman–Crippen LogP) is 4.02. The normalized spacial score (nSPS) is 20.5. The molecule has 6 heteroatoms. The van der Waals surface area contributed by atoms with E-state index in [4.69, 9.17) is 27.9 Å². The molecule has 1 N–H and O–H groups in total. The third kappa shape index (κ3) is 3.87. The number of ether oxygens (including phenoxy) is 1. The first-order chi connectivity index (χ1) is 12.3. The average molecular weight is 392 g/mol. The van der Waals surface area contributed by atoms with E-state index in [1.165, 1.54) is 0 Å². The van der Waals surface area contributed by atoms with Gasteiger partial charge in [0.25, 0.3) is 5.91 Å². The van der Waals surface area contributed by atoms with Gasteiger partial charge in [0, 0.05) is 6.42 Å². The Morgan fingerprint density at radius 1 is 1.04 bits per heavy atom. The molecule has 2 aromatic carbocycles. The van der Waals surface area contributed by atoms with Gasteiger partial charge in [0.15, 0.2) is 6.61 Å². The molecular formula is C20H19Cl2NO3. The molecule has 0 unspecified atom stereocenters. The predicted molar refractivity (Wildman–Crippen MR) is 101 cm³/mol. The molecule has 2 aromatic rings. The van der Waals surface area contributed by atoms with Crippen molar-refractivity contribution in [3.05, 3.63) is 71.8 Å². The third-order valence-corrected chi connectivity index (χ3v) is 5.72. The largest absolute Gasteiger partial charge is 0.455 e. The van der Waals surface area contributed by atoms with E-state index in [9.17, 15) is 9.59 Å². The summed E-state index contributed by atoms with van der Waals surface area (Å²) in [4.78, 5) is 24.5. The monoisotopic (exact) mass is 391 g/mol. The molecular weight excluding hydrogens is 373 g/mol. The number of rotatable bonds is 6. The first-order valence-corrected chi connectivity index (χ1v) is 9.03. The number of benzene rings is 2. The van der Waals surface area contributed by atoms with Crippen molar-refractivity contribution in [3.63, 3.8) is 0 Å². The maximum Gasteiger partial charge on any atom is 0.315 e. The number of hydrogen-bond acceptors (Lipinski definition) is 3. The molecule has 3 rings (SSSR count). The van der Waals surface area contributed by atoms with Crippen molar-refractivity contribution in [2.45, 2.75) is 23.7 Å². The van der Waals surface area contributed by atoms with Gasteiger partial charge < -0.3 is 10.1 Å². The van der Waals surface area contributed by atoms with Crippen LogP contribution in [-0.2, 0) is 14.3 Å². The zero-order valence-corrected chi connectivity index (χ0v) is 15.8. The lowest BCUT2D eigenvalue weighted by molar-refractivity contribution is -0.153.